The smallest absolute Gasteiger partial charge is 0.172 e. The lowest BCUT2D eigenvalue weighted by Crippen LogP contribution is -2.21. The molecule has 1 unspecified atom stereocenters. The van der Waals surface area contributed by atoms with Crippen LogP contribution in [0.5, 0.6) is 5.75 Å². The van der Waals surface area contributed by atoms with Crippen molar-refractivity contribution in [3.05, 3.63) is 41.3 Å². The van der Waals surface area contributed by atoms with Crippen LogP contribution in [0.25, 0.3) is 0 Å². The minimum Gasteiger partial charge on any atom is -0.496 e. The largest absolute Gasteiger partial charge is 0.496 e. The van der Waals surface area contributed by atoms with Crippen LogP contribution in [0.15, 0.2) is 35.7 Å². The van der Waals surface area contributed by atoms with Gasteiger partial charge >= 0.3 is 0 Å². The van der Waals surface area contributed by atoms with Crippen LogP contribution in [-0.4, -0.2) is 35.5 Å². The van der Waals surface area contributed by atoms with Crippen LogP contribution in [0.3, 0.4) is 0 Å². The van der Waals surface area contributed by atoms with Gasteiger partial charge in [-0.2, -0.15) is 0 Å². The van der Waals surface area contributed by atoms with Gasteiger partial charge in [0.25, 0.3) is 0 Å². The molecule has 1 aromatic rings. The lowest BCUT2D eigenvalue weighted by molar-refractivity contribution is 0.409. The molecule has 1 atom stereocenters. The summed E-state index contributed by atoms with van der Waals surface area (Å²) in [6, 6.07) is 6.58. The lowest BCUT2D eigenvalue weighted by atomic mass is 10.1. The van der Waals surface area contributed by atoms with Crippen molar-refractivity contribution in [2.24, 2.45) is 0 Å². The van der Waals surface area contributed by atoms with Crippen molar-refractivity contribution in [1.82, 2.24) is 0 Å². The zero-order valence-electron chi connectivity index (χ0n) is 10.3. The van der Waals surface area contributed by atoms with E-state index in [0.29, 0.717) is 11.3 Å². The van der Waals surface area contributed by atoms with Crippen LogP contribution >= 0.6 is 0 Å². The van der Waals surface area contributed by atoms with Crippen molar-refractivity contribution < 1.29 is 21.6 Å². The van der Waals surface area contributed by atoms with E-state index >= 15 is 0 Å². The Bertz CT molecular complexity index is 701. The minimum atomic E-state index is -3.56. The molecule has 0 saturated carbocycles. The second-order valence-electron chi connectivity index (χ2n) is 4.26. The highest BCUT2D eigenvalue weighted by atomic mass is 32.2. The molecule has 1 aromatic carbocycles. The number of rotatable bonds is 2. The van der Waals surface area contributed by atoms with Gasteiger partial charge in [-0.1, -0.05) is 24.3 Å². The topological polar surface area (TPSA) is 77.5 Å². The molecule has 5 nitrogen and oxygen atoms in total. The summed E-state index contributed by atoms with van der Waals surface area (Å²) in [5.41, 5.74) is 0.386. The predicted octanol–water partition coefficient (Wildman–Crippen LogP) is 1.09. The zero-order valence-corrected chi connectivity index (χ0v) is 11.9. The summed E-state index contributed by atoms with van der Waals surface area (Å²) in [4.78, 5) is 0. The number of benzene rings is 1. The molecule has 0 N–H and O–H groups in total. The van der Waals surface area contributed by atoms with Crippen molar-refractivity contribution in [2.75, 3.05) is 18.6 Å². The number of hydrogen-bond acceptors (Lipinski definition) is 5. The zero-order chi connectivity index (χ0) is 14.1. The molecule has 0 radical (unpaired) electrons. The normalized spacial score (nSPS) is 24.6. The first-order valence-corrected chi connectivity index (χ1v) is 9.02. The Morgan fingerprint density at radius 1 is 1.16 bits per heavy atom. The fourth-order valence-electron chi connectivity index (χ4n) is 2.02. The number of hydrogen-bond donors (Lipinski definition) is 0. The van der Waals surface area contributed by atoms with Gasteiger partial charge in [-0.05, 0) is 6.07 Å². The molecule has 1 aliphatic heterocycles. The van der Waals surface area contributed by atoms with Gasteiger partial charge in [-0.3, -0.25) is 0 Å². The van der Waals surface area contributed by atoms with E-state index < -0.39 is 30.7 Å². The van der Waals surface area contributed by atoms with E-state index in [-0.39, 0.29) is 5.75 Å². The molecule has 19 heavy (non-hydrogen) atoms. The first-order chi connectivity index (χ1) is 8.86. The van der Waals surface area contributed by atoms with Gasteiger partial charge in [0, 0.05) is 11.0 Å². The van der Waals surface area contributed by atoms with E-state index in [0.717, 1.165) is 5.41 Å². The predicted molar refractivity (Wildman–Crippen MR) is 72.4 cm³/mol. The van der Waals surface area contributed by atoms with Crippen molar-refractivity contribution >= 4 is 19.7 Å². The van der Waals surface area contributed by atoms with E-state index in [1.807, 2.05) is 0 Å². The van der Waals surface area contributed by atoms with E-state index in [1.165, 1.54) is 13.2 Å². The summed E-state index contributed by atoms with van der Waals surface area (Å²) in [6.07, 6.45) is 1.18. The quantitative estimate of drug-likeness (QED) is 0.817. The molecule has 0 amide bonds. The molecule has 104 valence electrons. The van der Waals surface area contributed by atoms with Crippen LogP contribution in [0.4, 0.5) is 0 Å². The third-order valence-corrected chi connectivity index (χ3v) is 6.50. The summed E-state index contributed by atoms with van der Waals surface area (Å²) in [6.45, 7) is 0. The Morgan fingerprint density at radius 2 is 1.84 bits per heavy atom. The van der Waals surface area contributed by atoms with Crippen LogP contribution in [0.1, 0.15) is 10.8 Å². The van der Waals surface area contributed by atoms with Gasteiger partial charge in [0.05, 0.1) is 18.6 Å². The molecular formula is C12H14O5S2. The SMILES string of the molecule is COc1ccccc1C1CS(=O)(=O)C=CCS1(=O)=O. The standard InChI is InChI=1S/C12H14O5S2/c1-17-11-6-3-2-5-10(11)12-9-18(13,14)7-4-8-19(12,15)16/h2-7,12H,8-9H2,1H3. The molecule has 0 bridgehead atoms. The van der Waals surface area contributed by atoms with Gasteiger partial charge < -0.3 is 4.74 Å². The monoisotopic (exact) mass is 302 g/mol. The molecule has 7 heteroatoms. The molecule has 0 aliphatic carbocycles. The second kappa shape index (κ2) is 4.97. The highest BCUT2D eigenvalue weighted by molar-refractivity contribution is 7.97. The van der Waals surface area contributed by atoms with Crippen molar-refractivity contribution in [3.8, 4) is 5.75 Å². The van der Waals surface area contributed by atoms with Crippen molar-refractivity contribution in [1.29, 1.82) is 0 Å². The average Bonchev–Trinajstić information content (AvgIpc) is 2.45. The number of para-hydroxylation sites is 1. The third kappa shape index (κ3) is 2.98. The van der Waals surface area contributed by atoms with Crippen LogP contribution in [0, 0.1) is 0 Å². The molecule has 2 rings (SSSR count). The molecular weight excluding hydrogens is 288 g/mol. The summed E-state index contributed by atoms with van der Waals surface area (Å²) in [5.74, 6) is -0.352. The maximum absolute atomic E-state index is 12.2. The summed E-state index contributed by atoms with van der Waals surface area (Å²) in [7, 11) is -5.66. The van der Waals surface area contributed by atoms with E-state index in [4.69, 9.17) is 4.74 Å². The highest BCUT2D eigenvalue weighted by Crippen LogP contribution is 2.33. The van der Waals surface area contributed by atoms with Gasteiger partial charge in [-0.25, -0.2) is 16.8 Å². The van der Waals surface area contributed by atoms with Crippen LogP contribution < -0.4 is 4.74 Å². The molecule has 1 aliphatic rings. The summed E-state index contributed by atoms with van der Waals surface area (Å²) < 4.78 is 53.0. The maximum atomic E-state index is 12.2. The third-order valence-electron chi connectivity index (χ3n) is 2.94. The first kappa shape index (κ1) is 14.1. The van der Waals surface area contributed by atoms with Crippen LogP contribution in [-0.2, 0) is 19.7 Å². The molecule has 0 fully saturated rings. The van der Waals surface area contributed by atoms with Gasteiger partial charge in [0.1, 0.15) is 11.0 Å². The summed E-state index contributed by atoms with van der Waals surface area (Å²) >= 11 is 0. The maximum Gasteiger partial charge on any atom is 0.172 e. The Morgan fingerprint density at radius 3 is 2.53 bits per heavy atom. The lowest BCUT2D eigenvalue weighted by Gasteiger charge is -2.17. The number of methoxy groups -OCH3 is 1. The molecule has 0 aromatic heterocycles. The average molecular weight is 302 g/mol. The van der Waals surface area contributed by atoms with Gasteiger partial charge in [0.15, 0.2) is 19.7 Å². The minimum absolute atomic E-state index is 0.283. The summed E-state index contributed by atoms with van der Waals surface area (Å²) in [5, 5.41) is -0.122. The Labute approximate surface area is 112 Å². The fourth-order valence-corrected chi connectivity index (χ4v) is 5.82. The Kier molecular flexibility index (Phi) is 3.69. The molecule has 1 heterocycles. The molecule has 0 spiro atoms. The van der Waals surface area contributed by atoms with Gasteiger partial charge in [0.2, 0.25) is 0 Å². The Balaban J connectivity index is 2.58. The van der Waals surface area contributed by atoms with Gasteiger partial charge in [-0.15, -0.1) is 0 Å². The number of ether oxygens (including phenoxy) is 1. The van der Waals surface area contributed by atoms with E-state index in [9.17, 15) is 16.8 Å². The second-order valence-corrected chi connectivity index (χ2v) is 8.42. The Hall–Kier alpha value is -1.34. The highest BCUT2D eigenvalue weighted by Gasteiger charge is 2.34. The fraction of sp³-hybridized carbons (Fsp3) is 0.333. The van der Waals surface area contributed by atoms with Crippen molar-refractivity contribution in [3.63, 3.8) is 0 Å². The van der Waals surface area contributed by atoms with Crippen LogP contribution in [0.2, 0.25) is 0 Å². The number of sulfone groups is 2. The van der Waals surface area contributed by atoms with E-state index in [2.05, 4.69) is 0 Å². The van der Waals surface area contributed by atoms with Crippen molar-refractivity contribution in [2.45, 2.75) is 5.25 Å². The first-order valence-electron chi connectivity index (χ1n) is 5.59. The molecule has 0 saturated heterocycles. The van der Waals surface area contributed by atoms with E-state index in [1.54, 1.807) is 24.3 Å².